The molecule has 2 aromatic rings. The number of ether oxygens (including phenoxy) is 1. The second-order valence-electron chi connectivity index (χ2n) is 8.17. The molecule has 0 saturated carbocycles. The van der Waals surface area contributed by atoms with Gasteiger partial charge in [0.05, 0.1) is 23.8 Å². The molecular weight excluding hydrogens is 459 g/mol. The summed E-state index contributed by atoms with van der Waals surface area (Å²) in [5, 5.41) is 14.2. The zero-order chi connectivity index (χ0) is 24.7. The van der Waals surface area contributed by atoms with E-state index in [1.165, 1.54) is 37.1 Å². The predicted octanol–water partition coefficient (Wildman–Crippen LogP) is 4.00. The van der Waals surface area contributed by atoms with E-state index in [0.29, 0.717) is 5.75 Å². The maximum Gasteiger partial charge on any atom is 0.311 e. The summed E-state index contributed by atoms with van der Waals surface area (Å²) in [6, 6.07) is 9.16. The lowest BCUT2D eigenvalue weighted by atomic mass is 10.0. The number of carbonyl (C=O) groups is 1. The number of rotatable bonds is 10. The molecule has 1 unspecified atom stereocenters. The highest BCUT2D eigenvalue weighted by atomic mass is 32.2. The minimum atomic E-state index is -0.486. The normalized spacial score (nSPS) is 15.1. The summed E-state index contributed by atoms with van der Waals surface area (Å²) in [6.45, 7) is 8.63. The van der Waals surface area contributed by atoms with Gasteiger partial charge in [0.15, 0.2) is 5.75 Å². The molecule has 1 aliphatic rings. The van der Waals surface area contributed by atoms with Gasteiger partial charge in [0.1, 0.15) is 5.82 Å². The van der Waals surface area contributed by atoms with Gasteiger partial charge in [0.25, 0.3) is 0 Å². The summed E-state index contributed by atoms with van der Waals surface area (Å²) in [4.78, 5) is 27.9. The number of likely N-dealkylation sites (N-methyl/N-ethyl adjacent to an activating group) is 1. The number of halogens is 1. The summed E-state index contributed by atoms with van der Waals surface area (Å²) >= 11 is 1.36. The van der Waals surface area contributed by atoms with Crippen molar-refractivity contribution in [2.24, 2.45) is 0 Å². The molecule has 1 heterocycles. The summed E-state index contributed by atoms with van der Waals surface area (Å²) in [5.41, 5.74) is 2.34. The van der Waals surface area contributed by atoms with Crippen LogP contribution in [0.5, 0.6) is 5.75 Å². The molecule has 3 rings (SSSR count). The molecule has 1 amide bonds. The number of methoxy groups -OCH3 is 1. The van der Waals surface area contributed by atoms with Crippen LogP contribution in [0.1, 0.15) is 31.0 Å². The van der Waals surface area contributed by atoms with E-state index in [1.54, 1.807) is 18.2 Å². The fourth-order valence-corrected chi connectivity index (χ4v) is 4.84. The van der Waals surface area contributed by atoms with E-state index in [2.05, 4.69) is 22.0 Å². The van der Waals surface area contributed by atoms with Crippen LogP contribution in [0.3, 0.4) is 0 Å². The maximum absolute atomic E-state index is 14.1. The number of thioether (sulfide) groups is 1. The lowest BCUT2D eigenvalue weighted by Crippen LogP contribution is -2.46. The van der Waals surface area contributed by atoms with Crippen molar-refractivity contribution in [3.63, 3.8) is 0 Å². The smallest absolute Gasteiger partial charge is 0.311 e. The third-order valence-electron chi connectivity index (χ3n) is 5.94. The number of hydrogen-bond donors (Lipinski definition) is 1. The van der Waals surface area contributed by atoms with Gasteiger partial charge < -0.3 is 19.9 Å². The molecule has 0 aromatic heterocycles. The first-order valence-corrected chi connectivity index (χ1v) is 12.4. The van der Waals surface area contributed by atoms with Crippen LogP contribution in [-0.4, -0.2) is 61.3 Å². The summed E-state index contributed by atoms with van der Waals surface area (Å²) < 4.78 is 19.1. The Morgan fingerprint density at radius 1 is 1.24 bits per heavy atom. The van der Waals surface area contributed by atoms with Crippen molar-refractivity contribution in [1.29, 1.82) is 0 Å². The van der Waals surface area contributed by atoms with Crippen molar-refractivity contribution < 1.29 is 18.8 Å². The number of nitrogens with one attached hydrogen (secondary N) is 1. The van der Waals surface area contributed by atoms with Gasteiger partial charge in [-0.3, -0.25) is 14.9 Å². The third kappa shape index (κ3) is 6.60. The Bertz CT molecular complexity index is 1010. The number of nitro groups is 1. The second kappa shape index (κ2) is 12.0. The Kier molecular flexibility index (Phi) is 9.12. The van der Waals surface area contributed by atoms with Crippen LogP contribution in [0, 0.1) is 15.9 Å². The fourth-order valence-electron chi connectivity index (χ4n) is 4.06. The van der Waals surface area contributed by atoms with Gasteiger partial charge in [-0.1, -0.05) is 13.0 Å². The maximum atomic E-state index is 14.1. The van der Waals surface area contributed by atoms with Crippen molar-refractivity contribution in [3.8, 4) is 5.75 Å². The monoisotopic (exact) mass is 490 g/mol. The van der Waals surface area contributed by atoms with Gasteiger partial charge in [-0.2, -0.15) is 0 Å². The average Bonchev–Trinajstić information content (AvgIpc) is 2.84. The van der Waals surface area contributed by atoms with Crippen LogP contribution >= 0.6 is 11.8 Å². The molecule has 2 aromatic carbocycles. The molecule has 10 heteroatoms. The molecule has 0 radical (unpaired) electrons. The van der Waals surface area contributed by atoms with Crippen molar-refractivity contribution in [2.75, 3.05) is 50.5 Å². The molecule has 1 N–H and O–H groups in total. The Morgan fingerprint density at radius 3 is 2.62 bits per heavy atom. The summed E-state index contributed by atoms with van der Waals surface area (Å²) in [7, 11) is 1.39. The van der Waals surface area contributed by atoms with E-state index in [4.69, 9.17) is 4.74 Å². The van der Waals surface area contributed by atoms with Crippen LogP contribution in [0.2, 0.25) is 0 Å². The zero-order valence-electron chi connectivity index (χ0n) is 19.8. The number of benzene rings is 2. The molecule has 1 atom stereocenters. The number of piperazine rings is 1. The first kappa shape index (κ1) is 25.8. The molecule has 0 aliphatic carbocycles. The minimum Gasteiger partial charge on any atom is -0.490 e. The molecule has 8 nitrogen and oxygen atoms in total. The first-order valence-electron chi connectivity index (χ1n) is 11.3. The number of anilines is 1. The molecule has 1 saturated heterocycles. The van der Waals surface area contributed by atoms with Crippen LogP contribution in [0.4, 0.5) is 15.8 Å². The lowest BCUT2D eigenvalue weighted by Gasteiger charge is -2.37. The van der Waals surface area contributed by atoms with Crippen molar-refractivity contribution in [1.82, 2.24) is 10.2 Å². The summed E-state index contributed by atoms with van der Waals surface area (Å²) in [6.07, 6.45) is 0. The van der Waals surface area contributed by atoms with Crippen molar-refractivity contribution >= 4 is 29.0 Å². The summed E-state index contributed by atoms with van der Waals surface area (Å²) in [5.74, 6) is 0.324. The quantitative estimate of drug-likeness (QED) is 0.398. The molecule has 34 heavy (non-hydrogen) atoms. The number of amides is 1. The SMILES string of the molecule is CCN1CCN(c2ccc(F)cc2C(C)NC(=O)CSCc2ccc(OC)c([N+](=O)[O-])c2)CC1. The number of hydrogen-bond acceptors (Lipinski definition) is 7. The molecular formula is C24H31FN4O4S. The molecule has 1 fully saturated rings. The standard InChI is InChI=1S/C24H31FN4O4S/c1-4-27-9-11-28(12-10-27)21-7-6-19(25)14-20(21)17(2)26-24(30)16-34-15-18-5-8-23(33-3)22(13-18)29(31)32/h5-8,13-14,17H,4,9-12,15-16H2,1-3H3,(H,26,30). The van der Waals surface area contributed by atoms with Gasteiger partial charge >= 0.3 is 5.69 Å². The second-order valence-corrected chi connectivity index (χ2v) is 9.16. The number of nitro benzene ring substituents is 1. The Morgan fingerprint density at radius 2 is 1.97 bits per heavy atom. The van der Waals surface area contributed by atoms with Gasteiger partial charge in [-0.25, -0.2) is 4.39 Å². The number of carbonyl (C=O) groups excluding carboxylic acids is 1. The van der Waals surface area contributed by atoms with Crippen LogP contribution in [0.15, 0.2) is 36.4 Å². The lowest BCUT2D eigenvalue weighted by molar-refractivity contribution is -0.385. The van der Waals surface area contributed by atoms with Crippen LogP contribution in [-0.2, 0) is 10.5 Å². The molecule has 0 spiro atoms. The number of nitrogens with zero attached hydrogens (tertiary/aromatic N) is 3. The van der Waals surface area contributed by atoms with E-state index in [9.17, 15) is 19.3 Å². The van der Waals surface area contributed by atoms with Gasteiger partial charge in [-0.05, 0) is 43.3 Å². The van der Waals surface area contributed by atoms with E-state index in [0.717, 1.165) is 49.5 Å². The molecule has 0 bridgehead atoms. The molecule has 1 aliphatic heterocycles. The Balaban J connectivity index is 1.58. The third-order valence-corrected chi connectivity index (χ3v) is 6.94. The largest absolute Gasteiger partial charge is 0.490 e. The predicted molar refractivity (Wildman–Crippen MR) is 133 cm³/mol. The highest BCUT2D eigenvalue weighted by molar-refractivity contribution is 7.99. The minimum absolute atomic E-state index is 0.0999. The van der Waals surface area contributed by atoms with E-state index in [1.807, 2.05) is 6.92 Å². The van der Waals surface area contributed by atoms with Crippen LogP contribution in [0.25, 0.3) is 0 Å². The van der Waals surface area contributed by atoms with Crippen molar-refractivity contribution in [2.45, 2.75) is 25.6 Å². The van der Waals surface area contributed by atoms with E-state index in [-0.39, 0.29) is 35.0 Å². The van der Waals surface area contributed by atoms with E-state index < -0.39 is 4.92 Å². The van der Waals surface area contributed by atoms with Crippen LogP contribution < -0.4 is 15.0 Å². The van der Waals surface area contributed by atoms with Gasteiger partial charge in [-0.15, -0.1) is 11.8 Å². The van der Waals surface area contributed by atoms with Gasteiger partial charge in [0.2, 0.25) is 5.91 Å². The Labute approximate surface area is 203 Å². The fraction of sp³-hybridized carbons (Fsp3) is 0.458. The molecule has 184 valence electrons. The van der Waals surface area contributed by atoms with Gasteiger partial charge in [0, 0.05) is 49.2 Å². The van der Waals surface area contributed by atoms with Crippen molar-refractivity contribution in [3.05, 3.63) is 63.5 Å². The highest BCUT2D eigenvalue weighted by Gasteiger charge is 2.22. The van der Waals surface area contributed by atoms with E-state index >= 15 is 0 Å². The highest BCUT2D eigenvalue weighted by Crippen LogP contribution is 2.30. The average molecular weight is 491 g/mol. The zero-order valence-corrected chi connectivity index (χ0v) is 20.6. The topological polar surface area (TPSA) is 88.0 Å². The first-order chi connectivity index (χ1) is 16.3. The Hall–Kier alpha value is -2.85.